The summed E-state index contributed by atoms with van der Waals surface area (Å²) in [6.07, 6.45) is 5.21. The lowest BCUT2D eigenvalue weighted by Gasteiger charge is -2.42. The van der Waals surface area contributed by atoms with Crippen LogP contribution in [-0.4, -0.2) is 13.1 Å². The molecule has 0 atom stereocenters. The van der Waals surface area contributed by atoms with Crippen molar-refractivity contribution in [2.24, 2.45) is 11.1 Å². The first-order chi connectivity index (χ1) is 9.15. The lowest BCUT2D eigenvalue weighted by Crippen LogP contribution is -2.40. The molecule has 0 unspecified atom stereocenters. The second-order valence-electron chi connectivity index (χ2n) is 5.64. The van der Waals surface area contributed by atoms with Crippen molar-refractivity contribution in [3.63, 3.8) is 0 Å². The highest BCUT2D eigenvalue weighted by atomic mass is 79.9. The Morgan fingerprint density at radius 1 is 1.21 bits per heavy atom. The number of piperidine rings is 1. The molecule has 2 nitrogen and oxygen atoms in total. The fourth-order valence-corrected chi connectivity index (χ4v) is 3.74. The second kappa shape index (κ2) is 6.27. The third kappa shape index (κ3) is 2.97. The number of rotatable bonds is 4. The van der Waals surface area contributed by atoms with Gasteiger partial charge in [0, 0.05) is 35.4 Å². The van der Waals surface area contributed by atoms with Crippen molar-refractivity contribution >= 4 is 21.6 Å². The van der Waals surface area contributed by atoms with E-state index < -0.39 is 0 Å². The van der Waals surface area contributed by atoms with Gasteiger partial charge in [-0.05, 0) is 30.4 Å². The van der Waals surface area contributed by atoms with Crippen molar-refractivity contribution in [2.45, 2.75) is 46.1 Å². The van der Waals surface area contributed by atoms with Crippen molar-refractivity contribution in [1.82, 2.24) is 0 Å². The number of benzene rings is 1. The maximum Gasteiger partial charge on any atom is 0.0423 e. The largest absolute Gasteiger partial charge is 0.371 e. The summed E-state index contributed by atoms with van der Waals surface area (Å²) in [5.41, 5.74) is 9.04. The minimum absolute atomic E-state index is 0.575. The summed E-state index contributed by atoms with van der Waals surface area (Å²) in [6, 6.07) is 6.40. The first kappa shape index (κ1) is 14.9. The van der Waals surface area contributed by atoms with Gasteiger partial charge < -0.3 is 10.6 Å². The third-order valence-electron chi connectivity index (χ3n) is 4.96. The Hall–Kier alpha value is -0.540. The summed E-state index contributed by atoms with van der Waals surface area (Å²) in [4.78, 5) is 2.51. The van der Waals surface area contributed by atoms with E-state index in [9.17, 15) is 0 Å². The van der Waals surface area contributed by atoms with Crippen LogP contribution < -0.4 is 10.6 Å². The van der Waals surface area contributed by atoms with E-state index in [2.05, 4.69) is 52.9 Å². The van der Waals surface area contributed by atoms with Gasteiger partial charge in [0.25, 0.3) is 0 Å². The zero-order valence-electron chi connectivity index (χ0n) is 12.1. The summed E-state index contributed by atoms with van der Waals surface area (Å²) >= 11 is 3.62. The molecule has 1 fully saturated rings. The zero-order chi connectivity index (χ0) is 13.9. The first-order valence-corrected chi connectivity index (χ1v) is 8.17. The van der Waals surface area contributed by atoms with Gasteiger partial charge in [-0.2, -0.15) is 0 Å². The van der Waals surface area contributed by atoms with Crippen LogP contribution in [0.3, 0.4) is 0 Å². The molecule has 3 heteroatoms. The van der Waals surface area contributed by atoms with Gasteiger partial charge in [0.15, 0.2) is 0 Å². The van der Waals surface area contributed by atoms with Crippen LogP contribution >= 0.6 is 15.9 Å². The Morgan fingerprint density at radius 3 is 2.37 bits per heavy atom. The van der Waals surface area contributed by atoms with Gasteiger partial charge >= 0.3 is 0 Å². The molecule has 0 bridgehead atoms. The van der Waals surface area contributed by atoms with Gasteiger partial charge in [-0.1, -0.05) is 48.7 Å². The molecular formula is C16H25BrN2. The minimum Gasteiger partial charge on any atom is -0.371 e. The summed E-state index contributed by atoms with van der Waals surface area (Å²) in [5, 5.41) is 0. The molecule has 19 heavy (non-hydrogen) atoms. The summed E-state index contributed by atoms with van der Waals surface area (Å²) < 4.78 is 1.13. The monoisotopic (exact) mass is 324 g/mol. The van der Waals surface area contributed by atoms with Crippen molar-refractivity contribution in [3.05, 3.63) is 28.2 Å². The predicted octanol–water partition coefficient (Wildman–Crippen LogP) is 4.31. The highest BCUT2D eigenvalue weighted by molar-refractivity contribution is 9.10. The van der Waals surface area contributed by atoms with Crippen LogP contribution in [0.1, 0.15) is 45.1 Å². The lowest BCUT2D eigenvalue weighted by atomic mass is 9.74. The Bertz CT molecular complexity index is 417. The summed E-state index contributed by atoms with van der Waals surface area (Å²) in [6.45, 7) is 7.59. The molecule has 1 aliphatic rings. The maximum absolute atomic E-state index is 5.91. The molecule has 1 aromatic carbocycles. The number of hydrogen-bond donors (Lipinski definition) is 1. The molecule has 106 valence electrons. The van der Waals surface area contributed by atoms with Gasteiger partial charge in [0.1, 0.15) is 0 Å². The third-order valence-corrected chi connectivity index (χ3v) is 5.71. The smallest absolute Gasteiger partial charge is 0.0423 e. The number of hydrogen-bond acceptors (Lipinski definition) is 2. The van der Waals surface area contributed by atoms with Gasteiger partial charge in [-0.3, -0.25) is 0 Å². The highest BCUT2D eigenvalue weighted by Crippen LogP contribution is 2.40. The maximum atomic E-state index is 5.91. The molecule has 2 N–H and O–H groups in total. The predicted molar refractivity (Wildman–Crippen MR) is 86.5 cm³/mol. The van der Waals surface area contributed by atoms with Crippen LogP contribution in [0.4, 0.5) is 5.69 Å². The zero-order valence-corrected chi connectivity index (χ0v) is 13.7. The van der Waals surface area contributed by atoms with E-state index in [1.807, 2.05) is 0 Å². The van der Waals surface area contributed by atoms with Crippen LogP contribution in [0, 0.1) is 5.41 Å². The van der Waals surface area contributed by atoms with Crippen LogP contribution in [0.25, 0.3) is 0 Å². The van der Waals surface area contributed by atoms with E-state index in [0.717, 1.165) is 17.6 Å². The molecule has 0 saturated carbocycles. The molecule has 0 amide bonds. The van der Waals surface area contributed by atoms with Crippen molar-refractivity contribution in [3.8, 4) is 0 Å². The molecule has 2 rings (SSSR count). The molecule has 1 aliphatic heterocycles. The minimum atomic E-state index is 0.575. The van der Waals surface area contributed by atoms with Crippen molar-refractivity contribution < 1.29 is 0 Å². The van der Waals surface area contributed by atoms with Gasteiger partial charge in [-0.25, -0.2) is 0 Å². The summed E-state index contributed by atoms with van der Waals surface area (Å²) in [5.74, 6) is 0. The molecule has 0 spiro atoms. The van der Waals surface area contributed by atoms with Gasteiger partial charge in [-0.15, -0.1) is 0 Å². The van der Waals surface area contributed by atoms with Crippen molar-refractivity contribution in [2.75, 3.05) is 18.0 Å². The average Bonchev–Trinajstić information content (AvgIpc) is 2.47. The van der Waals surface area contributed by atoms with Gasteiger partial charge in [0.05, 0.1) is 0 Å². The topological polar surface area (TPSA) is 29.3 Å². The molecule has 0 aromatic heterocycles. The molecule has 1 aromatic rings. The SMILES string of the molecule is CCC1(CC)CCN(c2cccc(Br)c2CN)CC1. The normalized spacial score (nSPS) is 18.6. The van der Waals surface area contributed by atoms with E-state index in [1.54, 1.807) is 0 Å². The molecule has 1 heterocycles. The van der Waals surface area contributed by atoms with Crippen LogP contribution in [0.15, 0.2) is 22.7 Å². The molecule has 0 aliphatic carbocycles. The molecular weight excluding hydrogens is 300 g/mol. The average molecular weight is 325 g/mol. The molecule has 1 saturated heterocycles. The van der Waals surface area contributed by atoms with Crippen LogP contribution in [-0.2, 0) is 6.54 Å². The number of nitrogens with two attached hydrogens (primary N) is 1. The lowest BCUT2D eigenvalue weighted by molar-refractivity contribution is 0.199. The van der Waals surface area contributed by atoms with Crippen LogP contribution in [0.5, 0.6) is 0 Å². The van der Waals surface area contributed by atoms with E-state index in [-0.39, 0.29) is 0 Å². The Morgan fingerprint density at radius 2 is 1.84 bits per heavy atom. The van der Waals surface area contributed by atoms with Gasteiger partial charge in [0.2, 0.25) is 0 Å². The fraction of sp³-hybridized carbons (Fsp3) is 0.625. The van der Waals surface area contributed by atoms with Crippen molar-refractivity contribution in [1.29, 1.82) is 0 Å². The Balaban J connectivity index is 2.16. The number of halogens is 1. The molecule has 0 radical (unpaired) electrons. The second-order valence-corrected chi connectivity index (χ2v) is 6.49. The first-order valence-electron chi connectivity index (χ1n) is 7.38. The quantitative estimate of drug-likeness (QED) is 0.893. The van der Waals surface area contributed by atoms with Crippen LogP contribution in [0.2, 0.25) is 0 Å². The number of anilines is 1. The van der Waals surface area contributed by atoms with E-state index in [0.29, 0.717) is 12.0 Å². The Kier molecular flexibility index (Phi) is 4.91. The van der Waals surface area contributed by atoms with E-state index in [4.69, 9.17) is 5.73 Å². The Labute approximate surface area is 125 Å². The number of nitrogens with zero attached hydrogens (tertiary/aromatic N) is 1. The fourth-order valence-electron chi connectivity index (χ4n) is 3.22. The van der Waals surface area contributed by atoms with E-state index in [1.165, 1.54) is 36.9 Å². The summed E-state index contributed by atoms with van der Waals surface area (Å²) in [7, 11) is 0. The van der Waals surface area contributed by atoms with E-state index >= 15 is 0 Å². The standard InChI is InChI=1S/C16H25BrN2/c1-3-16(4-2)8-10-19(11-9-16)15-7-5-6-14(17)13(15)12-18/h5-7H,3-4,8-12,18H2,1-2H3. The highest BCUT2D eigenvalue weighted by Gasteiger charge is 2.31.